The standard InChI is InChI=1S/C13H10O5/c1-6(14)8-4-7-2-3-9(15)12(17)11(7)13(18)10(16)5-8/h2-5,15,17H,1H3,(H,16,18). The van der Waals surface area contributed by atoms with Gasteiger partial charge in [0.2, 0.25) is 5.43 Å². The monoisotopic (exact) mass is 246 g/mol. The molecule has 0 aliphatic carbocycles. The fraction of sp³-hybridized carbons (Fsp3) is 0.0769. The van der Waals surface area contributed by atoms with Crippen molar-refractivity contribution in [2.75, 3.05) is 0 Å². The Labute approximate surface area is 102 Å². The SMILES string of the molecule is CC(=O)c1cc(=O)c(O)c2c(O)c(O)ccc2c1. The number of benzene rings is 1. The minimum atomic E-state index is -0.795. The zero-order valence-corrected chi connectivity index (χ0v) is 9.47. The van der Waals surface area contributed by atoms with Gasteiger partial charge in [0, 0.05) is 11.6 Å². The number of hydrogen-bond acceptors (Lipinski definition) is 5. The fourth-order valence-electron chi connectivity index (χ4n) is 1.71. The summed E-state index contributed by atoms with van der Waals surface area (Å²) in [6.07, 6.45) is 0. The molecule has 5 heteroatoms. The van der Waals surface area contributed by atoms with Crippen molar-refractivity contribution in [2.45, 2.75) is 6.92 Å². The topological polar surface area (TPSA) is 94.8 Å². The second kappa shape index (κ2) is 4.03. The van der Waals surface area contributed by atoms with Crippen LogP contribution in [0.15, 0.2) is 29.1 Å². The molecular formula is C13H10O5. The van der Waals surface area contributed by atoms with E-state index in [-0.39, 0.29) is 22.1 Å². The zero-order chi connectivity index (χ0) is 13.4. The third kappa shape index (κ3) is 1.75. The average molecular weight is 246 g/mol. The summed E-state index contributed by atoms with van der Waals surface area (Å²) < 4.78 is 0. The van der Waals surface area contributed by atoms with E-state index in [4.69, 9.17) is 0 Å². The number of hydrogen-bond donors (Lipinski definition) is 3. The molecule has 2 aromatic carbocycles. The molecule has 0 spiro atoms. The zero-order valence-electron chi connectivity index (χ0n) is 9.47. The Morgan fingerprint density at radius 2 is 1.72 bits per heavy atom. The summed E-state index contributed by atoms with van der Waals surface area (Å²) in [5.41, 5.74) is -0.675. The lowest BCUT2D eigenvalue weighted by molar-refractivity contribution is 0.101. The first-order chi connectivity index (χ1) is 8.41. The van der Waals surface area contributed by atoms with Gasteiger partial charge >= 0.3 is 0 Å². The van der Waals surface area contributed by atoms with Crippen LogP contribution in [0.2, 0.25) is 0 Å². The van der Waals surface area contributed by atoms with Gasteiger partial charge in [-0.05, 0) is 24.4 Å². The third-order valence-electron chi connectivity index (χ3n) is 2.66. The number of rotatable bonds is 1. The van der Waals surface area contributed by atoms with Crippen molar-refractivity contribution in [1.29, 1.82) is 0 Å². The van der Waals surface area contributed by atoms with Gasteiger partial charge in [0.25, 0.3) is 0 Å². The quantitative estimate of drug-likeness (QED) is 0.523. The van der Waals surface area contributed by atoms with Crippen LogP contribution in [0, 0.1) is 0 Å². The molecule has 2 rings (SSSR count). The molecule has 0 saturated carbocycles. The maximum absolute atomic E-state index is 11.6. The largest absolute Gasteiger partial charge is 0.504 e. The summed E-state index contributed by atoms with van der Waals surface area (Å²) in [6, 6.07) is 4.98. The van der Waals surface area contributed by atoms with Crippen molar-refractivity contribution >= 4 is 16.6 Å². The number of carbonyl (C=O) groups is 1. The predicted molar refractivity (Wildman–Crippen MR) is 65.2 cm³/mol. The summed E-state index contributed by atoms with van der Waals surface area (Å²) in [7, 11) is 0. The number of carbonyl (C=O) groups excluding carboxylic acids is 1. The molecule has 0 atom stereocenters. The Morgan fingerprint density at radius 1 is 1.06 bits per heavy atom. The fourth-order valence-corrected chi connectivity index (χ4v) is 1.71. The van der Waals surface area contributed by atoms with Gasteiger partial charge in [-0.25, -0.2) is 0 Å². The lowest BCUT2D eigenvalue weighted by Gasteiger charge is -2.01. The number of phenolic OH excluding ortho intramolecular Hbond substituents is 2. The molecule has 0 unspecified atom stereocenters. The first-order valence-electron chi connectivity index (χ1n) is 5.14. The molecule has 0 saturated heterocycles. The number of ketones is 1. The van der Waals surface area contributed by atoms with Crippen LogP contribution in [0.3, 0.4) is 0 Å². The lowest BCUT2D eigenvalue weighted by atomic mass is 10.1. The van der Waals surface area contributed by atoms with E-state index in [1.807, 2.05) is 0 Å². The minimum Gasteiger partial charge on any atom is -0.504 e. The summed E-state index contributed by atoms with van der Waals surface area (Å²) >= 11 is 0. The van der Waals surface area contributed by atoms with Gasteiger partial charge in [-0.15, -0.1) is 0 Å². The minimum absolute atomic E-state index is 0.121. The molecule has 0 bridgehead atoms. The van der Waals surface area contributed by atoms with E-state index in [1.54, 1.807) is 0 Å². The molecule has 0 aliphatic rings. The van der Waals surface area contributed by atoms with Gasteiger partial charge in [-0.2, -0.15) is 0 Å². The van der Waals surface area contributed by atoms with E-state index in [9.17, 15) is 24.9 Å². The van der Waals surface area contributed by atoms with E-state index >= 15 is 0 Å². The number of Topliss-reactive ketones (excluding diaryl/α,β-unsaturated/α-hetero) is 1. The van der Waals surface area contributed by atoms with Crippen LogP contribution in [0.5, 0.6) is 17.2 Å². The molecule has 0 radical (unpaired) electrons. The highest BCUT2D eigenvalue weighted by Crippen LogP contribution is 2.36. The first kappa shape index (κ1) is 11.9. The second-order valence-electron chi connectivity index (χ2n) is 3.91. The number of aromatic hydroxyl groups is 3. The molecule has 0 fully saturated rings. The smallest absolute Gasteiger partial charge is 0.221 e. The maximum Gasteiger partial charge on any atom is 0.221 e. The molecule has 18 heavy (non-hydrogen) atoms. The Hall–Kier alpha value is -2.56. The highest BCUT2D eigenvalue weighted by Gasteiger charge is 2.13. The van der Waals surface area contributed by atoms with Gasteiger partial charge < -0.3 is 15.3 Å². The molecule has 0 amide bonds. The van der Waals surface area contributed by atoms with Gasteiger partial charge in [0.15, 0.2) is 23.0 Å². The molecule has 92 valence electrons. The van der Waals surface area contributed by atoms with Crippen LogP contribution in [0.25, 0.3) is 10.8 Å². The molecule has 3 N–H and O–H groups in total. The van der Waals surface area contributed by atoms with Crippen LogP contribution in [-0.2, 0) is 0 Å². The van der Waals surface area contributed by atoms with E-state index in [2.05, 4.69) is 0 Å². The maximum atomic E-state index is 11.6. The van der Waals surface area contributed by atoms with Crippen LogP contribution in [-0.4, -0.2) is 21.1 Å². The average Bonchev–Trinajstić information content (AvgIpc) is 2.43. The Bertz CT molecular complexity index is 719. The summed E-state index contributed by atoms with van der Waals surface area (Å²) in [5, 5.41) is 28.9. The van der Waals surface area contributed by atoms with E-state index in [1.165, 1.54) is 25.1 Å². The number of fused-ring (bicyclic) bond motifs is 1. The van der Waals surface area contributed by atoms with Crippen LogP contribution in [0.4, 0.5) is 0 Å². The molecule has 5 nitrogen and oxygen atoms in total. The van der Waals surface area contributed by atoms with Crippen molar-refractivity contribution < 1.29 is 20.1 Å². The van der Waals surface area contributed by atoms with Gasteiger partial charge in [0.1, 0.15) is 0 Å². The highest BCUT2D eigenvalue weighted by atomic mass is 16.3. The first-order valence-corrected chi connectivity index (χ1v) is 5.14. The van der Waals surface area contributed by atoms with Crippen LogP contribution in [0.1, 0.15) is 17.3 Å². The number of phenols is 2. The summed E-state index contributed by atoms with van der Waals surface area (Å²) in [5.74, 6) is -2.08. The third-order valence-corrected chi connectivity index (χ3v) is 2.66. The Morgan fingerprint density at radius 3 is 2.33 bits per heavy atom. The van der Waals surface area contributed by atoms with Gasteiger partial charge in [-0.1, -0.05) is 6.07 Å². The molecular weight excluding hydrogens is 236 g/mol. The van der Waals surface area contributed by atoms with Crippen molar-refractivity contribution in [3.05, 3.63) is 40.1 Å². The van der Waals surface area contributed by atoms with Crippen molar-refractivity contribution in [1.82, 2.24) is 0 Å². The molecule has 2 aromatic rings. The van der Waals surface area contributed by atoms with E-state index < -0.39 is 22.7 Å². The van der Waals surface area contributed by atoms with Gasteiger partial charge in [0.05, 0.1) is 5.39 Å². The van der Waals surface area contributed by atoms with Crippen molar-refractivity contribution in [2.24, 2.45) is 0 Å². The molecule has 0 heterocycles. The van der Waals surface area contributed by atoms with Crippen molar-refractivity contribution in [3.63, 3.8) is 0 Å². The summed E-state index contributed by atoms with van der Waals surface area (Å²) in [6.45, 7) is 1.29. The highest BCUT2D eigenvalue weighted by molar-refractivity contribution is 6.00. The van der Waals surface area contributed by atoms with E-state index in [0.717, 1.165) is 6.07 Å². The lowest BCUT2D eigenvalue weighted by Crippen LogP contribution is -1.98. The molecule has 0 aliphatic heterocycles. The van der Waals surface area contributed by atoms with Crippen molar-refractivity contribution in [3.8, 4) is 17.2 Å². The molecule has 0 aromatic heterocycles. The normalized spacial score (nSPS) is 10.5. The predicted octanol–water partition coefficient (Wildman–Crippen LogP) is 1.52. The van der Waals surface area contributed by atoms with E-state index in [0.29, 0.717) is 0 Å². The van der Waals surface area contributed by atoms with Crippen LogP contribution >= 0.6 is 0 Å². The Kier molecular flexibility index (Phi) is 2.67. The van der Waals surface area contributed by atoms with Crippen LogP contribution < -0.4 is 5.43 Å². The van der Waals surface area contributed by atoms with Gasteiger partial charge in [-0.3, -0.25) is 9.59 Å². The Balaban J connectivity index is 3.08. The second-order valence-corrected chi connectivity index (χ2v) is 3.91. The summed E-state index contributed by atoms with van der Waals surface area (Å²) in [4.78, 5) is 22.9.